The molecule has 102 valence electrons. The van der Waals surface area contributed by atoms with Crippen molar-refractivity contribution in [2.75, 3.05) is 12.3 Å². The van der Waals surface area contributed by atoms with Gasteiger partial charge in [-0.2, -0.15) is 0 Å². The number of aromatic nitrogens is 4. The Bertz CT molecular complexity index is 804. The maximum Gasteiger partial charge on any atom is 0.262 e. The van der Waals surface area contributed by atoms with E-state index in [0.29, 0.717) is 18.1 Å². The molecule has 2 aromatic heterocycles. The minimum atomic E-state index is -0.273. The molecule has 7 heteroatoms. The van der Waals surface area contributed by atoms with Crippen LogP contribution in [0.25, 0.3) is 17.0 Å². The molecule has 20 heavy (non-hydrogen) atoms. The van der Waals surface area contributed by atoms with Gasteiger partial charge < -0.3 is 10.5 Å². The van der Waals surface area contributed by atoms with E-state index in [0.717, 1.165) is 11.3 Å². The summed E-state index contributed by atoms with van der Waals surface area (Å²) in [6, 6.07) is 8.80. The number of hydrogen-bond acceptors (Lipinski definition) is 5. The van der Waals surface area contributed by atoms with Gasteiger partial charge in [0.05, 0.1) is 12.3 Å². The number of nitrogens with one attached hydrogen (secondary N) is 1. The third-order valence-corrected chi connectivity index (χ3v) is 2.88. The summed E-state index contributed by atoms with van der Waals surface area (Å²) in [5, 5.41) is 6.39. The monoisotopic (exact) mass is 271 g/mol. The van der Waals surface area contributed by atoms with E-state index in [9.17, 15) is 4.79 Å². The average molecular weight is 271 g/mol. The van der Waals surface area contributed by atoms with Crippen molar-refractivity contribution in [1.29, 1.82) is 0 Å². The van der Waals surface area contributed by atoms with Gasteiger partial charge in [-0.1, -0.05) is 0 Å². The van der Waals surface area contributed by atoms with Crippen LogP contribution in [0, 0.1) is 0 Å². The summed E-state index contributed by atoms with van der Waals surface area (Å²) in [4.78, 5) is 16.3. The zero-order valence-electron chi connectivity index (χ0n) is 10.8. The molecule has 3 aromatic rings. The van der Waals surface area contributed by atoms with Crippen molar-refractivity contribution in [3.8, 4) is 17.0 Å². The molecule has 0 fully saturated rings. The summed E-state index contributed by atoms with van der Waals surface area (Å²) in [7, 11) is 0. The van der Waals surface area contributed by atoms with Gasteiger partial charge in [0.2, 0.25) is 11.7 Å². The number of fused-ring (bicyclic) bond motifs is 1. The summed E-state index contributed by atoms with van der Waals surface area (Å²) < 4.78 is 6.60. The van der Waals surface area contributed by atoms with Crippen LogP contribution in [-0.2, 0) is 0 Å². The van der Waals surface area contributed by atoms with Crippen LogP contribution in [0.3, 0.4) is 0 Å². The van der Waals surface area contributed by atoms with E-state index < -0.39 is 0 Å². The topological polar surface area (TPSA) is 98.3 Å². The van der Waals surface area contributed by atoms with Gasteiger partial charge in [0.15, 0.2) is 0 Å². The first kappa shape index (κ1) is 12.2. The van der Waals surface area contributed by atoms with Crippen molar-refractivity contribution < 1.29 is 4.74 Å². The van der Waals surface area contributed by atoms with Gasteiger partial charge in [0.1, 0.15) is 5.75 Å². The average Bonchev–Trinajstić information content (AvgIpc) is 2.82. The Morgan fingerprint density at radius 1 is 1.35 bits per heavy atom. The second-order valence-corrected chi connectivity index (χ2v) is 4.18. The Labute approximate surface area is 114 Å². The first-order valence-corrected chi connectivity index (χ1v) is 6.16. The number of H-pyrrole nitrogens is 1. The van der Waals surface area contributed by atoms with Crippen LogP contribution in [0.4, 0.5) is 5.95 Å². The molecule has 3 N–H and O–H groups in total. The fourth-order valence-electron chi connectivity index (χ4n) is 1.97. The van der Waals surface area contributed by atoms with Crippen LogP contribution >= 0.6 is 0 Å². The highest BCUT2D eigenvalue weighted by Crippen LogP contribution is 2.20. The predicted molar refractivity (Wildman–Crippen MR) is 74.6 cm³/mol. The third kappa shape index (κ3) is 1.99. The predicted octanol–water partition coefficient (Wildman–Crippen LogP) is 1.07. The SMILES string of the molecule is CCOc1ccc(-c2cc(=O)n3c(N)n[nH]c3n2)cc1. The van der Waals surface area contributed by atoms with Gasteiger partial charge in [-0.05, 0) is 31.2 Å². The molecule has 0 radical (unpaired) electrons. The number of nitrogens with two attached hydrogens (primary N) is 1. The number of rotatable bonds is 3. The summed E-state index contributed by atoms with van der Waals surface area (Å²) in [6.07, 6.45) is 0. The summed E-state index contributed by atoms with van der Waals surface area (Å²) in [5.41, 5.74) is 6.69. The van der Waals surface area contributed by atoms with Gasteiger partial charge in [-0.15, -0.1) is 5.10 Å². The van der Waals surface area contributed by atoms with Crippen LogP contribution in [0.2, 0.25) is 0 Å². The van der Waals surface area contributed by atoms with Crippen LogP contribution in [0.1, 0.15) is 6.92 Å². The van der Waals surface area contributed by atoms with E-state index in [1.54, 1.807) is 0 Å². The van der Waals surface area contributed by atoms with Crippen molar-refractivity contribution >= 4 is 11.7 Å². The molecule has 0 spiro atoms. The zero-order valence-corrected chi connectivity index (χ0v) is 10.8. The van der Waals surface area contributed by atoms with Gasteiger partial charge in [0.25, 0.3) is 5.56 Å². The molecule has 1 aromatic carbocycles. The molecule has 0 aliphatic carbocycles. The Kier molecular flexibility index (Phi) is 2.86. The molecule has 3 rings (SSSR count). The summed E-state index contributed by atoms with van der Waals surface area (Å²) in [6.45, 7) is 2.53. The van der Waals surface area contributed by atoms with E-state index >= 15 is 0 Å². The number of ether oxygens (including phenoxy) is 1. The summed E-state index contributed by atoms with van der Waals surface area (Å²) >= 11 is 0. The fraction of sp³-hybridized carbons (Fsp3) is 0.154. The second kappa shape index (κ2) is 4.69. The molecule has 0 unspecified atom stereocenters. The molecule has 0 bridgehead atoms. The lowest BCUT2D eigenvalue weighted by atomic mass is 10.1. The minimum absolute atomic E-state index is 0.0933. The molecule has 0 saturated heterocycles. The molecule has 0 saturated carbocycles. The van der Waals surface area contributed by atoms with E-state index in [4.69, 9.17) is 10.5 Å². The van der Waals surface area contributed by atoms with Gasteiger partial charge in [0, 0.05) is 11.6 Å². The Morgan fingerprint density at radius 3 is 2.80 bits per heavy atom. The second-order valence-electron chi connectivity index (χ2n) is 4.18. The van der Waals surface area contributed by atoms with Crippen molar-refractivity contribution in [1.82, 2.24) is 19.6 Å². The van der Waals surface area contributed by atoms with E-state index in [-0.39, 0.29) is 11.5 Å². The summed E-state index contributed by atoms with van der Waals surface area (Å²) in [5.74, 6) is 1.19. The van der Waals surface area contributed by atoms with E-state index in [1.807, 2.05) is 31.2 Å². The van der Waals surface area contributed by atoms with Crippen LogP contribution in [0.5, 0.6) is 5.75 Å². The van der Waals surface area contributed by atoms with Crippen molar-refractivity contribution in [2.24, 2.45) is 0 Å². The largest absolute Gasteiger partial charge is 0.494 e. The fourth-order valence-corrected chi connectivity index (χ4v) is 1.97. The lowest BCUT2D eigenvalue weighted by Crippen LogP contribution is -2.15. The molecule has 2 heterocycles. The highest BCUT2D eigenvalue weighted by molar-refractivity contribution is 5.61. The first-order valence-electron chi connectivity index (χ1n) is 6.16. The number of nitrogens with zero attached hydrogens (tertiary/aromatic N) is 3. The van der Waals surface area contributed by atoms with E-state index in [1.165, 1.54) is 10.5 Å². The molecule has 0 amide bonds. The van der Waals surface area contributed by atoms with Crippen LogP contribution < -0.4 is 16.0 Å². The van der Waals surface area contributed by atoms with Gasteiger partial charge >= 0.3 is 0 Å². The van der Waals surface area contributed by atoms with E-state index in [2.05, 4.69) is 15.2 Å². The Balaban J connectivity index is 2.07. The lowest BCUT2D eigenvalue weighted by Gasteiger charge is -2.04. The maximum atomic E-state index is 12.0. The lowest BCUT2D eigenvalue weighted by molar-refractivity contribution is 0.340. The number of nitrogen functional groups attached to an aromatic ring is 1. The molecular weight excluding hydrogens is 258 g/mol. The quantitative estimate of drug-likeness (QED) is 0.742. The van der Waals surface area contributed by atoms with Gasteiger partial charge in [-0.25, -0.2) is 14.5 Å². The maximum absolute atomic E-state index is 12.0. The first-order chi connectivity index (χ1) is 9.69. The standard InChI is InChI=1S/C13H13N5O2/c1-2-20-9-5-3-8(4-6-9)10-7-11(19)18-12(14)16-17-13(18)15-10/h3-7H,2H2,1H3,(H2,14,16)(H,15,17). The van der Waals surface area contributed by atoms with Crippen molar-refractivity contribution in [3.05, 3.63) is 40.7 Å². The molecule has 0 aliphatic rings. The van der Waals surface area contributed by atoms with Gasteiger partial charge in [-0.3, -0.25) is 4.79 Å². The number of aromatic amines is 1. The molecule has 0 atom stereocenters. The molecular formula is C13H13N5O2. The van der Waals surface area contributed by atoms with Crippen molar-refractivity contribution in [3.63, 3.8) is 0 Å². The van der Waals surface area contributed by atoms with Crippen LogP contribution in [0.15, 0.2) is 35.1 Å². The zero-order chi connectivity index (χ0) is 14.1. The van der Waals surface area contributed by atoms with Crippen LogP contribution in [-0.4, -0.2) is 26.2 Å². The van der Waals surface area contributed by atoms with Crippen molar-refractivity contribution in [2.45, 2.75) is 6.92 Å². The minimum Gasteiger partial charge on any atom is -0.494 e. The molecule has 7 nitrogen and oxygen atoms in total. The number of anilines is 1. The third-order valence-electron chi connectivity index (χ3n) is 2.88. The molecule has 0 aliphatic heterocycles. The Hall–Kier alpha value is -2.83. The highest BCUT2D eigenvalue weighted by atomic mass is 16.5. The normalized spacial score (nSPS) is 10.8. The number of hydrogen-bond donors (Lipinski definition) is 2. The smallest absolute Gasteiger partial charge is 0.262 e. The Morgan fingerprint density at radius 2 is 2.10 bits per heavy atom. The highest BCUT2D eigenvalue weighted by Gasteiger charge is 2.09. The number of benzene rings is 1.